The molecule has 1 aliphatic rings. The molecule has 1 aliphatic heterocycles. The van der Waals surface area contributed by atoms with Crippen LogP contribution in [0.3, 0.4) is 0 Å². The number of aromatic nitrogens is 2. The van der Waals surface area contributed by atoms with Crippen molar-refractivity contribution in [3.05, 3.63) is 58.3 Å². The first-order chi connectivity index (χ1) is 11.8. The summed E-state index contributed by atoms with van der Waals surface area (Å²) in [6.07, 6.45) is 2.33. The number of nitrogens with zero attached hydrogens (tertiary/aromatic N) is 1. The molecule has 4 rings (SSSR count). The zero-order valence-electron chi connectivity index (χ0n) is 13.1. The molecule has 0 bridgehead atoms. The molecule has 0 aliphatic carbocycles. The highest BCUT2D eigenvalue weighted by Crippen LogP contribution is 2.29. The third-order valence-electron chi connectivity index (χ3n) is 4.16. The van der Waals surface area contributed by atoms with E-state index >= 15 is 0 Å². The number of H-pyrrole nitrogens is 1. The van der Waals surface area contributed by atoms with Crippen molar-refractivity contribution in [1.82, 2.24) is 15.5 Å². The Bertz CT molecular complexity index is 834. The number of amides is 1. The van der Waals surface area contributed by atoms with Gasteiger partial charge in [-0.2, -0.15) is 5.10 Å². The van der Waals surface area contributed by atoms with Crippen LogP contribution in [-0.4, -0.2) is 22.6 Å². The maximum atomic E-state index is 12.4. The van der Waals surface area contributed by atoms with Crippen LogP contribution in [-0.2, 0) is 0 Å². The van der Waals surface area contributed by atoms with Crippen LogP contribution in [0.15, 0.2) is 48.5 Å². The van der Waals surface area contributed by atoms with Gasteiger partial charge in [0.15, 0.2) is 5.82 Å². The second kappa shape index (κ2) is 6.59. The Morgan fingerprint density at radius 3 is 2.88 bits per heavy atom. The second-order valence-electron chi connectivity index (χ2n) is 5.84. The number of thiophene rings is 1. The maximum Gasteiger partial charge on any atom is 0.266 e. The molecule has 1 saturated heterocycles. The van der Waals surface area contributed by atoms with Gasteiger partial charge in [-0.3, -0.25) is 9.89 Å². The number of anilines is 1. The van der Waals surface area contributed by atoms with Crippen LogP contribution in [0.25, 0.3) is 11.3 Å². The first kappa shape index (κ1) is 15.1. The van der Waals surface area contributed by atoms with Gasteiger partial charge in [-0.05, 0) is 37.1 Å². The van der Waals surface area contributed by atoms with Gasteiger partial charge in [-0.1, -0.05) is 30.3 Å². The van der Waals surface area contributed by atoms with E-state index in [1.807, 2.05) is 48.5 Å². The molecule has 122 valence electrons. The lowest BCUT2D eigenvalue weighted by Crippen LogP contribution is -2.11. The zero-order valence-corrected chi connectivity index (χ0v) is 13.9. The quantitative estimate of drug-likeness (QED) is 0.677. The van der Waals surface area contributed by atoms with Gasteiger partial charge in [0.25, 0.3) is 5.91 Å². The maximum absolute atomic E-state index is 12.4. The van der Waals surface area contributed by atoms with E-state index in [2.05, 4.69) is 20.8 Å². The molecule has 0 saturated carbocycles. The smallest absolute Gasteiger partial charge is 0.266 e. The van der Waals surface area contributed by atoms with Crippen molar-refractivity contribution < 1.29 is 4.79 Å². The predicted molar refractivity (Wildman–Crippen MR) is 96.3 cm³/mol. The van der Waals surface area contributed by atoms with Crippen LogP contribution in [0.4, 0.5) is 5.82 Å². The SMILES string of the molecule is O=C(Nc1cc(-c2ccccc2)[nH]n1)c1ccc(C2CCCN2)s1. The van der Waals surface area contributed by atoms with Gasteiger partial charge >= 0.3 is 0 Å². The van der Waals surface area contributed by atoms with Crippen LogP contribution >= 0.6 is 11.3 Å². The standard InChI is InChI=1S/C18H18N4OS/c23-18(16-9-8-15(24-16)13-7-4-10-19-13)20-17-11-14(21-22-17)12-5-2-1-3-6-12/h1-3,5-6,8-9,11,13,19H,4,7,10H2,(H2,20,21,22,23). The molecule has 1 atom stereocenters. The number of benzene rings is 1. The molecule has 1 unspecified atom stereocenters. The van der Waals surface area contributed by atoms with E-state index in [-0.39, 0.29) is 5.91 Å². The molecule has 3 heterocycles. The van der Waals surface area contributed by atoms with Gasteiger partial charge in [0.2, 0.25) is 0 Å². The van der Waals surface area contributed by atoms with Crippen LogP contribution < -0.4 is 10.6 Å². The number of carbonyl (C=O) groups excluding carboxylic acids is 1. The summed E-state index contributed by atoms with van der Waals surface area (Å²) in [6.45, 7) is 1.06. The van der Waals surface area contributed by atoms with Crippen molar-refractivity contribution in [2.24, 2.45) is 0 Å². The Labute approximate surface area is 144 Å². The first-order valence-electron chi connectivity index (χ1n) is 8.05. The van der Waals surface area contributed by atoms with Crippen LogP contribution in [0, 0.1) is 0 Å². The van der Waals surface area contributed by atoms with E-state index in [1.165, 1.54) is 11.3 Å². The number of hydrogen-bond donors (Lipinski definition) is 3. The van der Waals surface area contributed by atoms with E-state index in [0.29, 0.717) is 16.7 Å². The molecule has 1 fully saturated rings. The number of rotatable bonds is 4. The van der Waals surface area contributed by atoms with Gasteiger partial charge < -0.3 is 10.6 Å². The predicted octanol–water partition coefficient (Wildman–Crippen LogP) is 3.82. The summed E-state index contributed by atoms with van der Waals surface area (Å²) >= 11 is 1.55. The van der Waals surface area contributed by atoms with Crippen molar-refractivity contribution in [3.8, 4) is 11.3 Å². The molecule has 0 spiro atoms. The molecular formula is C18H18N4OS. The number of carbonyl (C=O) groups is 1. The second-order valence-corrected chi connectivity index (χ2v) is 6.95. The molecule has 1 aromatic carbocycles. The summed E-state index contributed by atoms with van der Waals surface area (Å²) in [7, 11) is 0. The van der Waals surface area contributed by atoms with Gasteiger partial charge in [-0.25, -0.2) is 0 Å². The third kappa shape index (κ3) is 3.11. The highest BCUT2D eigenvalue weighted by atomic mass is 32.1. The van der Waals surface area contributed by atoms with Crippen molar-refractivity contribution in [1.29, 1.82) is 0 Å². The van der Waals surface area contributed by atoms with E-state index in [1.54, 1.807) is 11.3 Å². The molecule has 2 aromatic heterocycles. The number of nitrogens with one attached hydrogen (secondary N) is 3. The molecule has 3 N–H and O–H groups in total. The topological polar surface area (TPSA) is 69.8 Å². The average Bonchev–Trinajstić information content (AvgIpc) is 3.36. The number of hydrogen-bond acceptors (Lipinski definition) is 4. The Balaban J connectivity index is 1.45. The molecule has 1 amide bonds. The zero-order chi connectivity index (χ0) is 16.4. The average molecular weight is 338 g/mol. The van der Waals surface area contributed by atoms with Crippen molar-refractivity contribution in [2.45, 2.75) is 18.9 Å². The van der Waals surface area contributed by atoms with E-state index in [9.17, 15) is 4.79 Å². The third-order valence-corrected chi connectivity index (χ3v) is 5.36. The minimum Gasteiger partial charge on any atom is -0.309 e. The first-order valence-corrected chi connectivity index (χ1v) is 8.86. The van der Waals surface area contributed by atoms with Gasteiger partial charge in [0, 0.05) is 17.0 Å². The Kier molecular flexibility index (Phi) is 4.15. The normalized spacial score (nSPS) is 17.1. The summed E-state index contributed by atoms with van der Waals surface area (Å²) in [5.74, 6) is 0.420. The fraction of sp³-hybridized carbons (Fsp3) is 0.222. The van der Waals surface area contributed by atoms with Gasteiger partial charge in [0.05, 0.1) is 10.6 Å². The summed E-state index contributed by atoms with van der Waals surface area (Å²) in [4.78, 5) is 14.4. The van der Waals surface area contributed by atoms with Crippen molar-refractivity contribution >= 4 is 23.1 Å². The molecule has 24 heavy (non-hydrogen) atoms. The van der Waals surface area contributed by atoms with Crippen molar-refractivity contribution in [3.63, 3.8) is 0 Å². The summed E-state index contributed by atoms with van der Waals surface area (Å²) in [5.41, 5.74) is 1.92. The fourth-order valence-corrected chi connectivity index (χ4v) is 3.93. The fourth-order valence-electron chi connectivity index (χ4n) is 2.92. The molecule has 0 radical (unpaired) electrons. The van der Waals surface area contributed by atoms with Gasteiger partial charge in [0.1, 0.15) is 0 Å². The van der Waals surface area contributed by atoms with Gasteiger partial charge in [-0.15, -0.1) is 11.3 Å². The van der Waals surface area contributed by atoms with Crippen LogP contribution in [0.1, 0.15) is 33.4 Å². The minimum absolute atomic E-state index is 0.115. The lowest BCUT2D eigenvalue weighted by atomic mass is 10.1. The Morgan fingerprint density at radius 1 is 1.21 bits per heavy atom. The lowest BCUT2D eigenvalue weighted by Gasteiger charge is -2.05. The highest BCUT2D eigenvalue weighted by molar-refractivity contribution is 7.14. The lowest BCUT2D eigenvalue weighted by molar-refractivity contribution is 0.103. The van der Waals surface area contributed by atoms with E-state index in [4.69, 9.17) is 0 Å². The minimum atomic E-state index is -0.115. The molecule has 6 heteroatoms. The Morgan fingerprint density at radius 2 is 2.08 bits per heavy atom. The summed E-state index contributed by atoms with van der Waals surface area (Å²) < 4.78 is 0. The van der Waals surface area contributed by atoms with E-state index < -0.39 is 0 Å². The van der Waals surface area contributed by atoms with Crippen molar-refractivity contribution in [2.75, 3.05) is 11.9 Å². The van der Waals surface area contributed by atoms with Crippen LogP contribution in [0.2, 0.25) is 0 Å². The molecule has 5 nitrogen and oxygen atoms in total. The largest absolute Gasteiger partial charge is 0.309 e. The van der Waals surface area contributed by atoms with Crippen LogP contribution in [0.5, 0.6) is 0 Å². The number of aromatic amines is 1. The van der Waals surface area contributed by atoms with E-state index in [0.717, 1.165) is 24.2 Å². The molecular weight excluding hydrogens is 320 g/mol. The Hall–Kier alpha value is -2.44. The monoisotopic (exact) mass is 338 g/mol. The summed E-state index contributed by atoms with van der Waals surface area (Å²) in [6, 6.07) is 16.1. The highest BCUT2D eigenvalue weighted by Gasteiger charge is 2.20. The molecule has 3 aromatic rings. The summed E-state index contributed by atoms with van der Waals surface area (Å²) in [5, 5.41) is 13.5.